The number of carbonyl (C=O) groups is 3. The van der Waals surface area contributed by atoms with Crippen molar-refractivity contribution in [2.45, 2.75) is 6.92 Å². The van der Waals surface area contributed by atoms with E-state index in [0.717, 1.165) is 0 Å². The van der Waals surface area contributed by atoms with E-state index >= 15 is 0 Å². The molecule has 0 unspecified atom stereocenters. The number of rotatable bonds is 6. The maximum atomic E-state index is 10.6. The summed E-state index contributed by atoms with van der Waals surface area (Å²) in [6, 6.07) is 0. The number of hydrogen-bond acceptors (Lipinski definition) is 9. The molecule has 0 fully saturated rings. The molecule has 0 aliphatic heterocycles. The first-order chi connectivity index (χ1) is 8.97. The SMILES string of the molecule is CC(=O)OCCOC(=O)OCCO.COC(=O)CO. The molecule has 19 heavy (non-hydrogen) atoms. The van der Waals surface area contributed by atoms with Crippen molar-refractivity contribution < 1.29 is 43.5 Å². The summed E-state index contributed by atoms with van der Waals surface area (Å²) in [5.74, 6) is -1.04. The molecule has 0 radical (unpaired) electrons. The minimum absolute atomic E-state index is 0.00353. The highest BCUT2D eigenvalue weighted by atomic mass is 16.7. The van der Waals surface area contributed by atoms with Gasteiger partial charge in [-0.05, 0) is 0 Å². The third kappa shape index (κ3) is 18.7. The second-order valence-electron chi connectivity index (χ2n) is 2.74. The minimum Gasteiger partial charge on any atom is -0.467 e. The van der Waals surface area contributed by atoms with Crippen LogP contribution in [0.15, 0.2) is 0 Å². The summed E-state index contributed by atoms with van der Waals surface area (Å²) in [6.07, 6.45) is -0.888. The van der Waals surface area contributed by atoms with Gasteiger partial charge in [0.2, 0.25) is 0 Å². The molecule has 0 spiro atoms. The Balaban J connectivity index is 0. The molecule has 0 aromatic rings. The van der Waals surface area contributed by atoms with Gasteiger partial charge in [-0.15, -0.1) is 0 Å². The van der Waals surface area contributed by atoms with E-state index in [9.17, 15) is 14.4 Å². The first kappa shape index (κ1) is 19.5. The molecule has 9 heteroatoms. The summed E-state index contributed by atoms with van der Waals surface area (Å²) in [5.41, 5.74) is 0. The van der Waals surface area contributed by atoms with E-state index in [1.165, 1.54) is 14.0 Å². The summed E-state index contributed by atoms with van der Waals surface area (Å²) in [5, 5.41) is 16.1. The second kappa shape index (κ2) is 14.2. The van der Waals surface area contributed by atoms with E-state index < -0.39 is 24.7 Å². The molecule has 0 aromatic carbocycles. The third-order valence-corrected chi connectivity index (χ3v) is 1.28. The zero-order valence-corrected chi connectivity index (χ0v) is 10.8. The quantitative estimate of drug-likeness (QED) is 0.352. The van der Waals surface area contributed by atoms with Crippen LogP contribution in [0.25, 0.3) is 0 Å². The molecule has 0 bridgehead atoms. The van der Waals surface area contributed by atoms with Crippen molar-refractivity contribution in [3.8, 4) is 0 Å². The van der Waals surface area contributed by atoms with Crippen molar-refractivity contribution in [2.75, 3.05) is 40.1 Å². The molecule has 0 saturated heterocycles. The molecule has 0 amide bonds. The largest absolute Gasteiger partial charge is 0.508 e. The Morgan fingerprint density at radius 1 is 0.947 bits per heavy atom. The Morgan fingerprint density at radius 2 is 1.47 bits per heavy atom. The Kier molecular flexibility index (Phi) is 14.5. The monoisotopic (exact) mass is 282 g/mol. The van der Waals surface area contributed by atoms with Crippen LogP contribution < -0.4 is 0 Å². The fourth-order valence-electron chi connectivity index (χ4n) is 0.546. The van der Waals surface area contributed by atoms with Crippen LogP contribution in [-0.4, -0.2) is 68.5 Å². The van der Waals surface area contributed by atoms with Gasteiger partial charge in [-0.1, -0.05) is 0 Å². The molecule has 2 N–H and O–H groups in total. The van der Waals surface area contributed by atoms with Crippen molar-refractivity contribution >= 4 is 18.1 Å². The van der Waals surface area contributed by atoms with Crippen molar-refractivity contribution in [2.24, 2.45) is 0 Å². The van der Waals surface area contributed by atoms with Crippen LogP contribution in [0.4, 0.5) is 4.79 Å². The van der Waals surface area contributed by atoms with Crippen molar-refractivity contribution in [1.29, 1.82) is 0 Å². The maximum absolute atomic E-state index is 10.6. The van der Waals surface area contributed by atoms with Gasteiger partial charge in [0.1, 0.15) is 26.4 Å². The standard InChI is InChI=1S/C7H12O6.C3H6O3/c1-6(9)11-4-5-13-7(10)12-3-2-8;1-6-3(5)2-4/h8H,2-5H2,1H3;4H,2H2,1H3. The highest BCUT2D eigenvalue weighted by Crippen LogP contribution is 1.85. The predicted octanol–water partition coefficient (Wildman–Crippen LogP) is -1.15. The molecule has 0 atom stereocenters. The van der Waals surface area contributed by atoms with Crippen LogP contribution in [-0.2, 0) is 28.5 Å². The van der Waals surface area contributed by atoms with Crippen LogP contribution in [0, 0.1) is 0 Å². The Morgan fingerprint density at radius 3 is 1.84 bits per heavy atom. The lowest BCUT2D eigenvalue weighted by molar-refractivity contribution is -0.144. The van der Waals surface area contributed by atoms with Gasteiger partial charge in [0.05, 0.1) is 13.7 Å². The van der Waals surface area contributed by atoms with E-state index in [4.69, 9.17) is 10.2 Å². The van der Waals surface area contributed by atoms with Crippen molar-refractivity contribution in [1.82, 2.24) is 0 Å². The maximum Gasteiger partial charge on any atom is 0.508 e. The summed E-state index contributed by atoms with van der Waals surface area (Å²) in [7, 11) is 1.22. The number of methoxy groups -OCH3 is 1. The Hall–Kier alpha value is -1.87. The molecular weight excluding hydrogens is 264 g/mol. The number of hydrogen-bond donors (Lipinski definition) is 2. The molecular formula is C10H18O9. The van der Waals surface area contributed by atoms with Crippen LogP contribution in [0.1, 0.15) is 6.92 Å². The zero-order chi connectivity index (χ0) is 15.1. The zero-order valence-electron chi connectivity index (χ0n) is 10.8. The van der Waals surface area contributed by atoms with Gasteiger partial charge in [0.15, 0.2) is 0 Å². The fraction of sp³-hybridized carbons (Fsp3) is 0.700. The van der Waals surface area contributed by atoms with E-state index in [1.807, 2.05) is 0 Å². The number of aliphatic hydroxyl groups is 2. The van der Waals surface area contributed by atoms with Crippen molar-refractivity contribution in [3.05, 3.63) is 0 Å². The van der Waals surface area contributed by atoms with Crippen LogP contribution in [0.2, 0.25) is 0 Å². The van der Waals surface area contributed by atoms with Crippen LogP contribution in [0.3, 0.4) is 0 Å². The minimum atomic E-state index is -0.888. The number of carbonyl (C=O) groups excluding carboxylic acids is 3. The first-order valence-electron chi connectivity index (χ1n) is 5.19. The van der Waals surface area contributed by atoms with Gasteiger partial charge >= 0.3 is 18.1 Å². The van der Waals surface area contributed by atoms with Crippen LogP contribution >= 0.6 is 0 Å². The van der Waals surface area contributed by atoms with Gasteiger partial charge in [0, 0.05) is 6.92 Å². The molecule has 0 aliphatic carbocycles. The smallest absolute Gasteiger partial charge is 0.467 e. The lowest BCUT2D eigenvalue weighted by Gasteiger charge is -2.04. The van der Waals surface area contributed by atoms with E-state index in [-0.39, 0.29) is 26.4 Å². The van der Waals surface area contributed by atoms with Gasteiger partial charge in [0.25, 0.3) is 0 Å². The lowest BCUT2D eigenvalue weighted by atomic mass is 10.7. The first-order valence-corrected chi connectivity index (χ1v) is 5.19. The highest BCUT2D eigenvalue weighted by molar-refractivity contribution is 5.70. The molecule has 112 valence electrons. The third-order valence-electron chi connectivity index (χ3n) is 1.28. The summed E-state index contributed by atoms with van der Waals surface area (Å²) < 4.78 is 17.3. The Bertz CT molecular complexity index is 258. The lowest BCUT2D eigenvalue weighted by Crippen LogP contribution is -2.14. The van der Waals surface area contributed by atoms with E-state index in [0.29, 0.717) is 0 Å². The van der Waals surface area contributed by atoms with Crippen LogP contribution in [0.5, 0.6) is 0 Å². The molecule has 0 aliphatic rings. The van der Waals surface area contributed by atoms with Gasteiger partial charge in [-0.25, -0.2) is 9.59 Å². The average molecular weight is 282 g/mol. The molecule has 0 heterocycles. The Labute approximate surface area is 110 Å². The summed E-state index contributed by atoms with van der Waals surface area (Å²) >= 11 is 0. The molecule has 0 rings (SSSR count). The number of aliphatic hydroxyl groups excluding tert-OH is 2. The van der Waals surface area contributed by atoms with Gasteiger partial charge in [-0.3, -0.25) is 4.79 Å². The molecule has 0 saturated carbocycles. The average Bonchev–Trinajstić information content (AvgIpc) is 2.40. The van der Waals surface area contributed by atoms with Gasteiger partial charge in [-0.2, -0.15) is 0 Å². The summed E-state index contributed by atoms with van der Waals surface area (Å²) in [6.45, 7) is 0.319. The molecule has 0 aromatic heterocycles. The second-order valence-corrected chi connectivity index (χ2v) is 2.74. The topological polar surface area (TPSA) is 129 Å². The highest BCUT2D eigenvalue weighted by Gasteiger charge is 2.02. The summed E-state index contributed by atoms with van der Waals surface area (Å²) in [4.78, 5) is 30.5. The number of esters is 2. The number of ether oxygens (including phenoxy) is 4. The van der Waals surface area contributed by atoms with E-state index in [1.54, 1.807) is 0 Å². The molecule has 9 nitrogen and oxygen atoms in total. The fourth-order valence-corrected chi connectivity index (χ4v) is 0.546. The predicted molar refractivity (Wildman–Crippen MR) is 60.1 cm³/mol. The van der Waals surface area contributed by atoms with E-state index in [2.05, 4.69) is 18.9 Å². The normalized spacial score (nSPS) is 8.63. The van der Waals surface area contributed by atoms with Gasteiger partial charge < -0.3 is 29.2 Å². The van der Waals surface area contributed by atoms with Crippen molar-refractivity contribution in [3.63, 3.8) is 0 Å².